The van der Waals surface area contributed by atoms with Crippen molar-refractivity contribution in [2.45, 2.75) is 39.2 Å². The molecule has 0 saturated heterocycles. The summed E-state index contributed by atoms with van der Waals surface area (Å²) in [6.07, 6.45) is 4.90. The molecule has 0 spiro atoms. The summed E-state index contributed by atoms with van der Waals surface area (Å²) in [5.41, 5.74) is 0.662. The van der Waals surface area contributed by atoms with Crippen molar-refractivity contribution in [3.8, 4) is 0 Å². The van der Waals surface area contributed by atoms with Crippen LogP contribution in [0.25, 0.3) is 0 Å². The van der Waals surface area contributed by atoms with Gasteiger partial charge in [-0.25, -0.2) is 4.98 Å². The quantitative estimate of drug-likeness (QED) is 0.683. The standard InChI is InChI=1S/C12H16BrN3O2/c1-7-4-3-5-9(7)15-12-11(13)8(2)10(6-14-12)16(17)18/h6-7,9H,3-5H2,1-2H3,(H,14,15). The fourth-order valence-corrected chi connectivity index (χ4v) is 2.81. The number of nitrogens with one attached hydrogen (secondary N) is 1. The lowest BCUT2D eigenvalue weighted by Gasteiger charge is -2.19. The average molecular weight is 314 g/mol. The average Bonchev–Trinajstić information content (AvgIpc) is 2.70. The molecule has 1 aromatic heterocycles. The van der Waals surface area contributed by atoms with Crippen LogP contribution in [0.2, 0.25) is 0 Å². The molecule has 2 rings (SSSR count). The van der Waals surface area contributed by atoms with Crippen molar-refractivity contribution in [2.24, 2.45) is 5.92 Å². The molecule has 98 valence electrons. The highest BCUT2D eigenvalue weighted by molar-refractivity contribution is 9.10. The van der Waals surface area contributed by atoms with E-state index >= 15 is 0 Å². The largest absolute Gasteiger partial charge is 0.366 e. The van der Waals surface area contributed by atoms with E-state index in [-0.39, 0.29) is 5.69 Å². The fourth-order valence-electron chi connectivity index (χ4n) is 2.39. The van der Waals surface area contributed by atoms with Crippen molar-refractivity contribution in [1.29, 1.82) is 0 Å². The summed E-state index contributed by atoms with van der Waals surface area (Å²) in [6, 6.07) is 0.412. The molecular formula is C12H16BrN3O2. The summed E-state index contributed by atoms with van der Waals surface area (Å²) in [4.78, 5) is 14.6. The summed E-state index contributed by atoms with van der Waals surface area (Å²) in [6.45, 7) is 3.95. The molecule has 1 aliphatic carbocycles. The second kappa shape index (κ2) is 5.22. The van der Waals surface area contributed by atoms with Crippen LogP contribution in [-0.2, 0) is 0 Å². The third kappa shape index (κ3) is 2.48. The summed E-state index contributed by atoms with van der Waals surface area (Å²) in [5, 5.41) is 14.2. The number of pyridine rings is 1. The Kier molecular flexibility index (Phi) is 3.85. The third-order valence-electron chi connectivity index (χ3n) is 3.62. The highest BCUT2D eigenvalue weighted by atomic mass is 79.9. The Morgan fingerprint density at radius 1 is 1.56 bits per heavy atom. The van der Waals surface area contributed by atoms with Crippen molar-refractivity contribution >= 4 is 27.4 Å². The van der Waals surface area contributed by atoms with Gasteiger partial charge in [0.25, 0.3) is 5.69 Å². The highest BCUT2D eigenvalue weighted by Gasteiger charge is 2.25. The number of hydrogen-bond donors (Lipinski definition) is 1. The number of anilines is 1. The van der Waals surface area contributed by atoms with Crippen LogP contribution in [0.15, 0.2) is 10.7 Å². The number of hydrogen-bond acceptors (Lipinski definition) is 4. The van der Waals surface area contributed by atoms with Gasteiger partial charge in [0.2, 0.25) is 0 Å². The zero-order valence-electron chi connectivity index (χ0n) is 10.4. The first-order valence-corrected chi connectivity index (χ1v) is 6.86. The lowest BCUT2D eigenvalue weighted by Crippen LogP contribution is -2.22. The molecule has 0 aliphatic heterocycles. The van der Waals surface area contributed by atoms with Crippen molar-refractivity contribution in [2.75, 3.05) is 5.32 Å². The van der Waals surface area contributed by atoms with E-state index in [2.05, 4.69) is 33.2 Å². The summed E-state index contributed by atoms with van der Waals surface area (Å²) < 4.78 is 0.691. The van der Waals surface area contributed by atoms with Crippen molar-refractivity contribution < 1.29 is 4.92 Å². The SMILES string of the molecule is Cc1c([N+](=O)[O-])cnc(NC2CCCC2C)c1Br. The zero-order chi connectivity index (χ0) is 13.3. The summed E-state index contributed by atoms with van der Waals surface area (Å²) in [7, 11) is 0. The molecule has 1 aliphatic rings. The van der Waals surface area contributed by atoms with Gasteiger partial charge >= 0.3 is 0 Å². The number of aromatic nitrogens is 1. The Balaban J connectivity index is 2.24. The van der Waals surface area contributed by atoms with E-state index in [1.165, 1.54) is 19.0 Å². The van der Waals surface area contributed by atoms with Gasteiger partial charge < -0.3 is 5.32 Å². The minimum Gasteiger partial charge on any atom is -0.366 e. The van der Waals surface area contributed by atoms with Crippen molar-refractivity contribution in [1.82, 2.24) is 4.98 Å². The van der Waals surface area contributed by atoms with E-state index < -0.39 is 4.92 Å². The Bertz CT molecular complexity index is 479. The van der Waals surface area contributed by atoms with Crippen LogP contribution in [0.5, 0.6) is 0 Å². The first kappa shape index (κ1) is 13.3. The Morgan fingerprint density at radius 3 is 2.83 bits per heavy atom. The molecule has 2 unspecified atom stereocenters. The third-order valence-corrected chi connectivity index (χ3v) is 4.59. The van der Waals surface area contributed by atoms with Crippen LogP contribution in [0, 0.1) is 23.0 Å². The zero-order valence-corrected chi connectivity index (χ0v) is 12.0. The lowest BCUT2D eigenvalue weighted by atomic mass is 10.1. The predicted octanol–water partition coefficient (Wildman–Crippen LogP) is 3.66. The molecule has 0 bridgehead atoms. The Labute approximate surface area is 114 Å². The normalized spacial score (nSPS) is 23.1. The number of rotatable bonds is 3. The summed E-state index contributed by atoms with van der Waals surface area (Å²) >= 11 is 3.40. The van der Waals surface area contributed by atoms with Gasteiger partial charge in [0.1, 0.15) is 12.0 Å². The molecule has 18 heavy (non-hydrogen) atoms. The minimum atomic E-state index is -0.408. The van der Waals surface area contributed by atoms with Crippen molar-refractivity contribution in [3.63, 3.8) is 0 Å². The van der Waals surface area contributed by atoms with Crippen LogP contribution < -0.4 is 5.32 Å². The first-order chi connectivity index (χ1) is 8.50. The van der Waals surface area contributed by atoms with Crippen LogP contribution in [0.4, 0.5) is 11.5 Å². The van der Waals surface area contributed by atoms with Crippen LogP contribution in [0.3, 0.4) is 0 Å². The van der Waals surface area contributed by atoms with E-state index in [4.69, 9.17) is 0 Å². The van der Waals surface area contributed by atoms with E-state index in [1.54, 1.807) is 6.92 Å². The number of halogens is 1. The van der Waals surface area contributed by atoms with Crippen molar-refractivity contribution in [3.05, 3.63) is 26.3 Å². The number of nitro groups is 1. The van der Waals surface area contributed by atoms with Gasteiger partial charge in [-0.2, -0.15) is 0 Å². The molecule has 0 amide bonds. The molecule has 1 N–H and O–H groups in total. The second-order valence-electron chi connectivity index (χ2n) is 4.85. The number of nitrogens with zero attached hydrogens (tertiary/aromatic N) is 2. The molecule has 1 heterocycles. The van der Waals surface area contributed by atoms with E-state index in [9.17, 15) is 10.1 Å². The first-order valence-electron chi connectivity index (χ1n) is 6.06. The maximum Gasteiger partial charge on any atom is 0.291 e. The van der Waals surface area contributed by atoms with Gasteiger partial charge in [-0.1, -0.05) is 13.3 Å². The molecule has 1 fully saturated rings. The fraction of sp³-hybridized carbons (Fsp3) is 0.583. The molecule has 0 radical (unpaired) electrons. The van der Waals surface area contributed by atoms with Gasteiger partial charge in [0.15, 0.2) is 0 Å². The monoisotopic (exact) mass is 313 g/mol. The topological polar surface area (TPSA) is 68.1 Å². The van der Waals surface area contributed by atoms with Crippen LogP contribution in [0.1, 0.15) is 31.7 Å². The lowest BCUT2D eigenvalue weighted by molar-refractivity contribution is -0.385. The highest BCUT2D eigenvalue weighted by Crippen LogP contribution is 2.34. The molecule has 6 heteroatoms. The molecule has 1 saturated carbocycles. The smallest absolute Gasteiger partial charge is 0.291 e. The van der Waals surface area contributed by atoms with Gasteiger partial charge in [-0.15, -0.1) is 0 Å². The maximum absolute atomic E-state index is 10.8. The van der Waals surface area contributed by atoms with Crippen LogP contribution in [-0.4, -0.2) is 15.9 Å². The van der Waals surface area contributed by atoms with Gasteiger partial charge in [-0.3, -0.25) is 10.1 Å². The Hall–Kier alpha value is -1.17. The molecule has 1 aromatic rings. The van der Waals surface area contributed by atoms with Gasteiger partial charge in [0, 0.05) is 11.6 Å². The molecule has 5 nitrogen and oxygen atoms in total. The molecule has 0 aromatic carbocycles. The van der Waals surface area contributed by atoms with E-state index in [0.29, 0.717) is 27.8 Å². The Morgan fingerprint density at radius 2 is 2.28 bits per heavy atom. The van der Waals surface area contributed by atoms with Gasteiger partial charge in [-0.05, 0) is 41.6 Å². The van der Waals surface area contributed by atoms with Crippen LogP contribution >= 0.6 is 15.9 Å². The minimum absolute atomic E-state index is 0.0481. The van der Waals surface area contributed by atoms with E-state index in [1.807, 2.05) is 0 Å². The predicted molar refractivity (Wildman–Crippen MR) is 73.8 cm³/mol. The summed E-state index contributed by atoms with van der Waals surface area (Å²) in [5.74, 6) is 1.33. The second-order valence-corrected chi connectivity index (χ2v) is 5.64. The van der Waals surface area contributed by atoms with Gasteiger partial charge in [0.05, 0.1) is 9.40 Å². The van der Waals surface area contributed by atoms with E-state index in [0.717, 1.165) is 6.42 Å². The molecular weight excluding hydrogens is 298 g/mol. The molecule has 2 atom stereocenters. The maximum atomic E-state index is 10.8.